The fourth-order valence-electron chi connectivity index (χ4n) is 3.06. The summed E-state index contributed by atoms with van der Waals surface area (Å²) in [6.45, 7) is 2.60. The standard InChI is InChI=1S/C25H26N2O3/c1-2-17-30-23-16-10-9-15-21(23)26-24(28)18-22(19-11-5-3-6-12-19)27-25(29)20-13-7-4-8-14-20/h3-16,22H,2,17-18H2,1H3,(H,26,28)(H,27,29). The second-order valence-corrected chi connectivity index (χ2v) is 6.90. The lowest BCUT2D eigenvalue weighted by Crippen LogP contribution is -2.31. The lowest BCUT2D eigenvalue weighted by molar-refractivity contribution is -0.116. The van der Waals surface area contributed by atoms with Gasteiger partial charge in [0.1, 0.15) is 5.75 Å². The molecule has 1 atom stereocenters. The highest BCUT2D eigenvalue weighted by molar-refractivity contribution is 5.96. The quantitative estimate of drug-likeness (QED) is 0.531. The van der Waals surface area contributed by atoms with Crippen LogP contribution in [-0.4, -0.2) is 18.4 Å². The van der Waals surface area contributed by atoms with E-state index in [9.17, 15) is 9.59 Å². The molecule has 0 radical (unpaired) electrons. The molecule has 0 aromatic heterocycles. The number of benzene rings is 3. The van der Waals surface area contributed by atoms with Gasteiger partial charge in [0.25, 0.3) is 5.91 Å². The Hall–Kier alpha value is -3.60. The summed E-state index contributed by atoms with van der Waals surface area (Å²) in [5, 5.41) is 5.90. The van der Waals surface area contributed by atoms with E-state index in [1.165, 1.54) is 0 Å². The third-order valence-electron chi connectivity index (χ3n) is 4.56. The predicted molar refractivity (Wildman–Crippen MR) is 119 cm³/mol. The Kier molecular flexibility index (Phi) is 7.61. The average Bonchev–Trinajstić information content (AvgIpc) is 2.79. The minimum absolute atomic E-state index is 0.102. The molecule has 0 saturated heterocycles. The maximum atomic E-state index is 12.8. The van der Waals surface area contributed by atoms with Gasteiger partial charge in [0.2, 0.25) is 5.91 Å². The van der Waals surface area contributed by atoms with Crippen LogP contribution in [0.25, 0.3) is 0 Å². The molecule has 0 spiro atoms. The average molecular weight is 402 g/mol. The summed E-state index contributed by atoms with van der Waals surface area (Å²) in [5.74, 6) is 0.214. The summed E-state index contributed by atoms with van der Waals surface area (Å²) in [6.07, 6.45) is 0.981. The van der Waals surface area contributed by atoms with Gasteiger partial charge in [-0.1, -0.05) is 67.6 Å². The second-order valence-electron chi connectivity index (χ2n) is 6.90. The number of para-hydroxylation sites is 2. The van der Waals surface area contributed by atoms with E-state index in [4.69, 9.17) is 4.74 Å². The zero-order valence-corrected chi connectivity index (χ0v) is 17.0. The van der Waals surface area contributed by atoms with E-state index in [1.54, 1.807) is 12.1 Å². The van der Waals surface area contributed by atoms with E-state index >= 15 is 0 Å². The Morgan fingerprint density at radius 2 is 1.50 bits per heavy atom. The van der Waals surface area contributed by atoms with Crippen LogP contribution in [0.5, 0.6) is 5.75 Å². The molecule has 0 bridgehead atoms. The van der Waals surface area contributed by atoms with Gasteiger partial charge in [-0.25, -0.2) is 0 Å². The maximum Gasteiger partial charge on any atom is 0.251 e. The van der Waals surface area contributed by atoms with Crippen molar-refractivity contribution < 1.29 is 14.3 Å². The molecular weight excluding hydrogens is 376 g/mol. The van der Waals surface area contributed by atoms with Crippen LogP contribution in [-0.2, 0) is 4.79 Å². The highest BCUT2D eigenvalue weighted by atomic mass is 16.5. The van der Waals surface area contributed by atoms with Crippen molar-refractivity contribution >= 4 is 17.5 Å². The van der Waals surface area contributed by atoms with Crippen molar-refractivity contribution in [3.8, 4) is 5.75 Å². The Morgan fingerprint density at radius 3 is 2.20 bits per heavy atom. The first-order valence-corrected chi connectivity index (χ1v) is 10.1. The minimum Gasteiger partial charge on any atom is -0.491 e. The van der Waals surface area contributed by atoms with Crippen LogP contribution in [0.3, 0.4) is 0 Å². The molecular formula is C25H26N2O3. The zero-order chi connectivity index (χ0) is 21.2. The Balaban J connectivity index is 1.73. The first-order chi connectivity index (χ1) is 14.7. The van der Waals surface area contributed by atoms with Gasteiger partial charge in [-0.3, -0.25) is 9.59 Å². The lowest BCUT2D eigenvalue weighted by Gasteiger charge is -2.20. The molecule has 2 amide bonds. The molecule has 1 unspecified atom stereocenters. The van der Waals surface area contributed by atoms with Gasteiger partial charge in [0, 0.05) is 5.56 Å². The van der Waals surface area contributed by atoms with Crippen LogP contribution in [0.15, 0.2) is 84.9 Å². The zero-order valence-electron chi connectivity index (χ0n) is 17.0. The van der Waals surface area contributed by atoms with E-state index in [-0.39, 0.29) is 18.2 Å². The van der Waals surface area contributed by atoms with Crippen LogP contribution < -0.4 is 15.4 Å². The smallest absolute Gasteiger partial charge is 0.251 e. The summed E-state index contributed by atoms with van der Waals surface area (Å²) in [4.78, 5) is 25.5. The van der Waals surface area contributed by atoms with Crippen LogP contribution in [0, 0.1) is 0 Å². The number of hydrogen-bond acceptors (Lipinski definition) is 3. The lowest BCUT2D eigenvalue weighted by atomic mass is 10.0. The molecule has 30 heavy (non-hydrogen) atoms. The molecule has 154 valence electrons. The van der Waals surface area contributed by atoms with E-state index in [0.29, 0.717) is 23.6 Å². The molecule has 0 fully saturated rings. The van der Waals surface area contributed by atoms with Crippen LogP contribution in [0.4, 0.5) is 5.69 Å². The first-order valence-electron chi connectivity index (χ1n) is 10.1. The summed E-state index contributed by atoms with van der Waals surface area (Å²) in [5.41, 5.74) is 2.04. The van der Waals surface area contributed by atoms with E-state index in [1.807, 2.05) is 79.7 Å². The third kappa shape index (κ3) is 5.95. The summed E-state index contributed by atoms with van der Waals surface area (Å²) >= 11 is 0. The fraction of sp³-hybridized carbons (Fsp3) is 0.200. The van der Waals surface area contributed by atoms with Crippen LogP contribution in [0.2, 0.25) is 0 Å². The minimum atomic E-state index is -0.456. The molecule has 5 heteroatoms. The van der Waals surface area contributed by atoms with Gasteiger partial charge in [-0.05, 0) is 36.2 Å². The highest BCUT2D eigenvalue weighted by Gasteiger charge is 2.20. The molecule has 0 aliphatic carbocycles. The van der Waals surface area contributed by atoms with E-state index < -0.39 is 6.04 Å². The predicted octanol–water partition coefficient (Wildman–Crippen LogP) is 4.98. The third-order valence-corrected chi connectivity index (χ3v) is 4.56. The molecule has 2 N–H and O–H groups in total. The van der Waals surface area contributed by atoms with E-state index in [0.717, 1.165) is 12.0 Å². The van der Waals surface area contributed by atoms with Gasteiger partial charge in [0.15, 0.2) is 0 Å². The summed E-state index contributed by atoms with van der Waals surface area (Å²) in [7, 11) is 0. The SMILES string of the molecule is CCCOc1ccccc1NC(=O)CC(NC(=O)c1ccccc1)c1ccccc1. The second kappa shape index (κ2) is 10.8. The van der Waals surface area contributed by atoms with Gasteiger partial charge in [-0.15, -0.1) is 0 Å². The number of amides is 2. The van der Waals surface area contributed by atoms with Gasteiger partial charge in [0.05, 0.1) is 24.8 Å². The Labute approximate surface area is 177 Å². The molecule has 5 nitrogen and oxygen atoms in total. The van der Waals surface area contributed by atoms with Crippen molar-refractivity contribution in [2.75, 3.05) is 11.9 Å². The van der Waals surface area contributed by atoms with Crippen LogP contribution >= 0.6 is 0 Å². The molecule has 0 aliphatic heterocycles. The number of anilines is 1. The topological polar surface area (TPSA) is 67.4 Å². The van der Waals surface area contributed by atoms with Crippen molar-refractivity contribution in [2.24, 2.45) is 0 Å². The number of hydrogen-bond donors (Lipinski definition) is 2. The first kappa shape index (κ1) is 21.1. The number of nitrogens with one attached hydrogen (secondary N) is 2. The van der Waals surface area contributed by atoms with Crippen molar-refractivity contribution in [1.82, 2.24) is 5.32 Å². The number of rotatable bonds is 9. The van der Waals surface area contributed by atoms with Gasteiger partial charge >= 0.3 is 0 Å². The molecule has 3 aromatic carbocycles. The molecule has 0 heterocycles. The fourth-order valence-corrected chi connectivity index (χ4v) is 3.06. The van der Waals surface area contributed by atoms with Crippen molar-refractivity contribution in [1.29, 1.82) is 0 Å². The Morgan fingerprint density at radius 1 is 0.867 bits per heavy atom. The molecule has 3 aromatic rings. The largest absolute Gasteiger partial charge is 0.491 e. The van der Waals surface area contributed by atoms with Crippen molar-refractivity contribution in [3.05, 3.63) is 96.1 Å². The number of carbonyl (C=O) groups excluding carboxylic acids is 2. The number of carbonyl (C=O) groups is 2. The molecule has 0 aliphatic rings. The Bertz CT molecular complexity index is 958. The van der Waals surface area contributed by atoms with Gasteiger partial charge < -0.3 is 15.4 Å². The van der Waals surface area contributed by atoms with E-state index in [2.05, 4.69) is 10.6 Å². The van der Waals surface area contributed by atoms with Crippen LogP contribution in [0.1, 0.15) is 41.7 Å². The van der Waals surface area contributed by atoms with Gasteiger partial charge in [-0.2, -0.15) is 0 Å². The monoisotopic (exact) mass is 402 g/mol. The van der Waals surface area contributed by atoms with Crippen molar-refractivity contribution in [2.45, 2.75) is 25.8 Å². The summed E-state index contributed by atoms with van der Waals surface area (Å²) < 4.78 is 5.71. The summed E-state index contributed by atoms with van der Waals surface area (Å²) in [6, 6.07) is 25.4. The van der Waals surface area contributed by atoms with Crippen molar-refractivity contribution in [3.63, 3.8) is 0 Å². The highest BCUT2D eigenvalue weighted by Crippen LogP contribution is 2.25. The normalized spacial score (nSPS) is 11.4. The molecule has 0 saturated carbocycles. The number of ether oxygens (including phenoxy) is 1. The maximum absolute atomic E-state index is 12.8. The molecule has 3 rings (SSSR count).